The zero-order chi connectivity index (χ0) is 15.0. The van der Waals surface area contributed by atoms with E-state index < -0.39 is 11.6 Å². The highest BCUT2D eigenvalue weighted by atomic mass is 79.9. The summed E-state index contributed by atoms with van der Waals surface area (Å²) < 4.78 is 33.2. The second-order valence-corrected chi connectivity index (χ2v) is 5.84. The number of para-hydroxylation sites is 1. The van der Waals surface area contributed by atoms with Gasteiger partial charge in [0.15, 0.2) is 11.6 Å². The molecule has 21 heavy (non-hydrogen) atoms. The summed E-state index contributed by atoms with van der Waals surface area (Å²) in [5.74, 6) is -0.797. The molecule has 1 heterocycles. The van der Waals surface area contributed by atoms with E-state index in [4.69, 9.17) is 4.74 Å². The molecular formula is C16H14BrF2NO. The number of hydrogen-bond acceptors (Lipinski definition) is 2. The summed E-state index contributed by atoms with van der Waals surface area (Å²) in [5.41, 5.74) is 2.03. The molecule has 0 fully saturated rings. The number of nitrogens with one attached hydrogen (secondary N) is 1. The molecule has 1 aliphatic rings. The van der Waals surface area contributed by atoms with Crippen LogP contribution in [0.15, 0.2) is 34.8 Å². The molecule has 5 heteroatoms. The van der Waals surface area contributed by atoms with Gasteiger partial charge in [-0.05, 0) is 40.9 Å². The number of ether oxygens (including phenoxy) is 1. The average molecular weight is 354 g/mol. The van der Waals surface area contributed by atoms with Gasteiger partial charge in [0, 0.05) is 15.6 Å². The molecule has 0 aliphatic carbocycles. The molecule has 0 saturated heterocycles. The average Bonchev–Trinajstić information content (AvgIpc) is 2.52. The lowest BCUT2D eigenvalue weighted by Gasteiger charge is -2.29. The quantitative estimate of drug-likeness (QED) is 0.780. The first-order valence-electron chi connectivity index (χ1n) is 6.67. The molecule has 1 atom stereocenters. The van der Waals surface area contributed by atoms with Crippen molar-refractivity contribution in [2.75, 3.05) is 12.4 Å². The lowest BCUT2D eigenvalue weighted by Crippen LogP contribution is -2.20. The predicted molar refractivity (Wildman–Crippen MR) is 81.7 cm³/mol. The van der Waals surface area contributed by atoms with E-state index >= 15 is 0 Å². The van der Waals surface area contributed by atoms with Crippen LogP contribution in [0.2, 0.25) is 0 Å². The second kappa shape index (κ2) is 5.64. The van der Waals surface area contributed by atoms with Crippen LogP contribution in [-0.2, 0) is 6.42 Å². The van der Waals surface area contributed by atoms with Gasteiger partial charge >= 0.3 is 0 Å². The number of fused-ring (bicyclic) bond motifs is 1. The van der Waals surface area contributed by atoms with Gasteiger partial charge < -0.3 is 10.1 Å². The Kier molecular flexibility index (Phi) is 3.85. The molecule has 0 aromatic heterocycles. The molecule has 0 amide bonds. The third-order valence-electron chi connectivity index (χ3n) is 3.78. The zero-order valence-electron chi connectivity index (χ0n) is 11.4. The van der Waals surface area contributed by atoms with Crippen LogP contribution in [0, 0.1) is 11.6 Å². The zero-order valence-corrected chi connectivity index (χ0v) is 13.0. The van der Waals surface area contributed by atoms with Crippen molar-refractivity contribution in [1.29, 1.82) is 0 Å². The molecule has 0 spiro atoms. The van der Waals surface area contributed by atoms with Gasteiger partial charge in [-0.25, -0.2) is 8.78 Å². The Balaban J connectivity index is 2.00. The van der Waals surface area contributed by atoms with Gasteiger partial charge in [0.2, 0.25) is 0 Å². The Hall–Kier alpha value is -1.62. The highest BCUT2D eigenvalue weighted by Crippen LogP contribution is 2.41. The summed E-state index contributed by atoms with van der Waals surface area (Å²) in [4.78, 5) is 0. The van der Waals surface area contributed by atoms with Crippen LogP contribution in [-0.4, -0.2) is 7.11 Å². The van der Waals surface area contributed by atoms with Crippen LogP contribution in [0.25, 0.3) is 0 Å². The number of anilines is 1. The van der Waals surface area contributed by atoms with Crippen molar-refractivity contribution < 1.29 is 13.5 Å². The van der Waals surface area contributed by atoms with E-state index in [0.717, 1.165) is 17.4 Å². The Morgan fingerprint density at radius 3 is 2.81 bits per heavy atom. The van der Waals surface area contributed by atoms with Gasteiger partial charge in [-0.15, -0.1) is 0 Å². The fourth-order valence-corrected chi connectivity index (χ4v) is 3.31. The fourth-order valence-electron chi connectivity index (χ4n) is 2.76. The monoisotopic (exact) mass is 353 g/mol. The first kappa shape index (κ1) is 14.3. The number of rotatable bonds is 2. The second-order valence-electron chi connectivity index (χ2n) is 4.99. The maximum atomic E-state index is 13.9. The Morgan fingerprint density at radius 1 is 1.29 bits per heavy atom. The summed E-state index contributed by atoms with van der Waals surface area (Å²) in [6.45, 7) is 0. The molecule has 2 aromatic carbocycles. The van der Waals surface area contributed by atoms with Crippen LogP contribution < -0.4 is 10.1 Å². The number of methoxy groups -OCH3 is 1. The Labute approximate surface area is 130 Å². The van der Waals surface area contributed by atoms with E-state index in [1.807, 2.05) is 24.3 Å². The first-order chi connectivity index (χ1) is 10.1. The minimum Gasteiger partial charge on any atom is -0.496 e. The van der Waals surface area contributed by atoms with Gasteiger partial charge in [-0.1, -0.05) is 18.2 Å². The normalized spacial score (nSPS) is 17.0. The van der Waals surface area contributed by atoms with Crippen molar-refractivity contribution in [2.45, 2.75) is 18.9 Å². The summed E-state index contributed by atoms with van der Waals surface area (Å²) in [6.07, 6.45) is 1.16. The largest absolute Gasteiger partial charge is 0.496 e. The van der Waals surface area contributed by atoms with E-state index in [1.54, 1.807) is 7.11 Å². The highest BCUT2D eigenvalue weighted by molar-refractivity contribution is 9.10. The van der Waals surface area contributed by atoms with E-state index in [2.05, 4.69) is 21.2 Å². The van der Waals surface area contributed by atoms with Crippen LogP contribution in [0.3, 0.4) is 0 Å². The standard InChI is InChI=1S/C16H14BrF2NO/c1-21-14-5-3-2-4-9(14)13-7-6-10-15(19)12(18)8-11(17)16(10)20-13/h2-5,8,13,20H,6-7H2,1H3. The minimum absolute atomic E-state index is 0.00908. The SMILES string of the molecule is COc1ccccc1C1CCc2c(F)c(F)cc(Br)c2N1. The molecule has 1 aliphatic heterocycles. The molecule has 3 rings (SSSR count). The van der Waals surface area contributed by atoms with Gasteiger partial charge in [-0.3, -0.25) is 0 Å². The van der Waals surface area contributed by atoms with Crippen molar-refractivity contribution in [3.63, 3.8) is 0 Å². The molecule has 0 bridgehead atoms. The molecule has 1 N–H and O–H groups in total. The molecular weight excluding hydrogens is 340 g/mol. The van der Waals surface area contributed by atoms with Crippen LogP contribution in [0.1, 0.15) is 23.6 Å². The van der Waals surface area contributed by atoms with Crippen molar-refractivity contribution >= 4 is 21.6 Å². The Morgan fingerprint density at radius 2 is 2.05 bits per heavy atom. The highest BCUT2D eigenvalue weighted by Gasteiger charge is 2.27. The van der Waals surface area contributed by atoms with Gasteiger partial charge in [0.1, 0.15) is 5.75 Å². The van der Waals surface area contributed by atoms with E-state index in [-0.39, 0.29) is 6.04 Å². The van der Waals surface area contributed by atoms with E-state index in [9.17, 15) is 8.78 Å². The molecule has 2 aromatic rings. The number of hydrogen-bond donors (Lipinski definition) is 1. The lowest BCUT2D eigenvalue weighted by molar-refractivity contribution is 0.405. The summed E-state index contributed by atoms with van der Waals surface area (Å²) >= 11 is 3.30. The van der Waals surface area contributed by atoms with Gasteiger partial charge in [0.25, 0.3) is 0 Å². The van der Waals surface area contributed by atoms with Crippen molar-refractivity contribution in [1.82, 2.24) is 0 Å². The third kappa shape index (κ3) is 2.50. The first-order valence-corrected chi connectivity index (χ1v) is 7.47. The number of halogens is 3. The van der Waals surface area contributed by atoms with Gasteiger partial charge in [0.05, 0.1) is 18.8 Å². The van der Waals surface area contributed by atoms with E-state index in [1.165, 1.54) is 0 Å². The van der Waals surface area contributed by atoms with Crippen LogP contribution in [0.5, 0.6) is 5.75 Å². The van der Waals surface area contributed by atoms with Crippen molar-refractivity contribution in [3.8, 4) is 5.75 Å². The topological polar surface area (TPSA) is 21.3 Å². The molecule has 2 nitrogen and oxygen atoms in total. The van der Waals surface area contributed by atoms with Crippen LogP contribution in [0.4, 0.5) is 14.5 Å². The predicted octanol–water partition coefficient (Wildman–Crippen LogP) is 4.84. The summed E-state index contributed by atoms with van der Waals surface area (Å²) in [6, 6.07) is 8.89. The smallest absolute Gasteiger partial charge is 0.164 e. The maximum absolute atomic E-state index is 13.9. The molecule has 0 radical (unpaired) electrons. The van der Waals surface area contributed by atoms with Crippen molar-refractivity contribution in [3.05, 3.63) is 57.6 Å². The van der Waals surface area contributed by atoms with Crippen molar-refractivity contribution in [2.24, 2.45) is 0 Å². The number of benzene rings is 2. The van der Waals surface area contributed by atoms with Crippen LogP contribution >= 0.6 is 15.9 Å². The van der Waals surface area contributed by atoms with Gasteiger partial charge in [-0.2, -0.15) is 0 Å². The minimum atomic E-state index is -0.821. The molecule has 0 saturated carbocycles. The summed E-state index contributed by atoms with van der Waals surface area (Å²) in [5, 5.41) is 3.29. The summed E-state index contributed by atoms with van der Waals surface area (Å²) in [7, 11) is 1.63. The lowest BCUT2D eigenvalue weighted by atomic mass is 9.92. The maximum Gasteiger partial charge on any atom is 0.164 e. The Bertz CT molecular complexity index is 690. The third-order valence-corrected chi connectivity index (χ3v) is 4.41. The fraction of sp³-hybridized carbons (Fsp3) is 0.250. The molecule has 1 unspecified atom stereocenters. The van der Waals surface area contributed by atoms with E-state index in [0.29, 0.717) is 28.6 Å². The molecule has 110 valence electrons.